The lowest BCUT2D eigenvalue weighted by Crippen LogP contribution is -2.27. The smallest absolute Gasteiger partial charge is 0.311 e. The van der Waals surface area contributed by atoms with Crippen molar-refractivity contribution in [2.24, 2.45) is 5.92 Å². The van der Waals surface area contributed by atoms with Crippen LogP contribution in [0.25, 0.3) is 0 Å². The average molecular weight is 416 g/mol. The van der Waals surface area contributed by atoms with Crippen LogP contribution in [-0.2, 0) is 14.3 Å². The van der Waals surface area contributed by atoms with Gasteiger partial charge in [-0.25, -0.2) is 0 Å². The molecule has 2 aromatic rings. The molecule has 5 nitrogen and oxygen atoms in total. The lowest BCUT2D eigenvalue weighted by Gasteiger charge is -2.16. The molecule has 1 amide bonds. The second-order valence-electron chi connectivity index (χ2n) is 6.28. The normalized spacial score (nSPS) is 16.6. The van der Waals surface area contributed by atoms with E-state index < -0.39 is 11.9 Å². The van der Waals surface area contributed by atoms with Crippen molar-refractivity contribution in [3.63, 3.8) is 0 Å². The van der Waals surface area contributed by atoms with Gasteiger partial charge >= 0.3 is 5.97 Å². The van der Waals surface area contributed by atoms with Gasteiger partial charge in [0.15, 0.2) is 12.4 Å². The number of carbonyl (C=O) groups excluding carboxylic acids is 3. The van der Waals surface area contributed by atoms with Gasteiger partial charge in [0.2, 0.25) is 5.91 Å². The number of Topliss-reactive ketones (excluding diaryl/α,β-unsaturated/α-hetero) is 1. The monoisotopic (exact) mass is 415 g/mol. The first kappa shape index (κ1) is 18.3. The van der Waals surface area contributed by atoms with Crippen LogP contribution in [-0.4, -0.2) is 30.8 Å². The fraction of sp³-hybridized carbons (Fsp3) is 0.250. The molecule has 26 heavy (non-hydrogen) atoms. The Balaban J connectivity index is 1.57. The highest BCUT2D eigenvalue weighted by atomic mass is 79.9. The number of benzene rings is 2. The van der Waals surface area contributed by atoms with Gasteiger partial charge in [-0.3, -0.25) is 14.4 Å². The second kappa shape index (κ2) is 7.83. The van der Waals surface area contributed by atoms with E-state index in [1.165, 1.54) is 0 Å². The van der Waals surface area contributed by atoms with Crippen LogP contribution in [0, 0.1) is 12.8 Å². The van der Waals surface area contributed by atoms with E-state index in [9.17, 15) is 14.4 Å². The molecule has 0 spiro atoms. The molecule has 0 saturated carbocycles. The minimum atomic E-state index is -0.554. The van der Waals surface area contributed by atoms with Gasteiger partial charge in [0.05, 0.1) is 5.92 Å². The van der Waals surface area contributed by atoms with Gasteiger partial charge in [-0.2, -0.15) is 0 Å². The summed E-state index contributed by atoms with van der Waals surface area (Å²) in [6.07, 6.45) is 0.0964. The summed E-state index contributed by atoms with van der Waals surface area (Å²) in [5, 5.41) is 0. The van der Waals surface area contributed by atoms with Crippen molar-refractivity contribution in [1.29, 1.82) is 0 Å². The maximum atomic E-state index is 12.3. The van der Waals surface area contributed by atoms with Gasteiger partial charge < -0.3 is 9.64 Å². The summed E-state index contributed by atoms with van der Waals surface area (Å²) in [6, 6.07) is 14.4. The predicted molar refractivity (Wildman–Crippen MR) is 101 cm³/mol. The van der Waals surface area contributed by atoms with E-state index in [0.29, 0.717) is 5.56 Å². The molecule has 1 atom stereocenters. The molecule has 6 heteroatoms. The number of anilines is 1. The summed E-state index contributed by atoms with van der Waals surface area (Å²) < 4.78 is 6.01. The number of esters is 1. The van der Waals surface area contributed by atoms with Crippen molar-refractivity contribution in [3.8, 4) is 0 Å². The van der Waals surface area contributed by atoms with E-state index in [1.807, 2.05) is 31.2 Å². The van der Waals surface area contributed by atoms with Crippen LogP contribution < -0.4 is 4.90 Å². The molecule has 0 radical (unpaired) electrons. The second-order valence-corrected chi connectivity index (χ2v) is 7.19. The van der Waals surface area contributed by atoms with Crippen LogP contribution in [0.1, 0.15) is 22.3 Å². The summed E-state index contributed by atoms with van der Waals surface area (Å²) in [7, 11) is 0. The van der Waals surface area contributed by atoms with Crippen LogP contribution >= 0.6 is 15.9 Å². The minimum absolute atomic E-state index is 0.0964. The van der Waals surface area contributed by atoms with Crippen LogP contribution in [0.2, 0.25) is 0 Å². The molecule has 0 aliphatic carbocycles. The number of hydrogen-bond donors (Lipinski definition) is 0. The van der Waals surface area contributed by atoms with Crippen molar-refractivity contribution in [1.82, 2.24) is 0 Å². The SMILES string of the molecule is Cc1ccc(N2C[C@@H](C(=O)OCC(=O)c3ccc(Br)cc3)CC2=O)cc1. The lowest BCUT2D eigenvalue weighted by atomic mass is 10.1. The highest BCUT2D eigenvalue weighted by Gasteiger charge is 2.36. The average Bonchev–Trinajstić information content (AvgIpc) is 3.02. The molecule has 2 aromatic carbocycles. The molecule has 1 aliphatic rings. The Hall–Kier alpha value is -2.47. The topological polar surface area (TPSA) is 63.7 Å². The third-order valence-electron chi connectivity index (χ3n) is 4.32. The Morgan fingerprint density at radius 3 is 2.42 bits per heavy atom. The summed E-state index contributed by atoms with van der Waals surface area (Å²) in [5.41, 5.74) is 2.34. The number of rotatable bonds is 5. The molecule has 1 aliphatic heterocycles. The first-order valence-corrected chi connectivity index (χ1v) is 9.06. The number of hydrogen-bond acceptors (Lipinski definition) is 4. The van der Waals surface area contributed by atoms with E-state index >= 15 is 0 Å². The summed E-state index contributed by atoms with van der Waals surface area (Å²) >= 11 is 3.30. The zero-order valence-electron chi connectivity index (χ0n) is 14.3. The molecule has 0 N–H and O–H groups in total. The van der Waals surface area contributed by atoms with Gasteiger partial charge in [0.25, 0.3) is 0 Å². The zero-order valence-corrected chi connectivity index (χ0v) is 15.9. The van der Waals surface area contributed by atoms with E-state index in [-0.39, 0.29) is 31.3 Å². The van der Waals surface area contributed by atoms with Crippen molar-refractivity contribution in [3.05, 3.63) is 64.1 Å². The highest BCUT2D eigenvalue weighted by molar-refractivity contribution is 9.10. The van der Waals surface area contributed by atoms with E-state index in [0.717, 1.165) is 15.7 Å². The van der Waals surface area contributed by atoms with Crippen molar-refractivity contribution in [2.75, 3.05) is 18.1 Å². The first-order chi connectivity index (χ1) is 12.4. The molecule has 0 aromatic heterocycles. The summed E-state index contributed by atoms with van der Waals surface area (Å²) in [5.74, 6) is -1.46. The first-order valence-electron chi connectivity index (χ1n) is 8.26. The maximum absolute atomic E-state index is 12.3. The number of amides is 1. The van der Waals surface area contributed by atoms with Crippen molar-refractivity contribution in [2.45, 2.75) is 13.3 Å². The van der Waals surface area contributed by atoms with Crippen molar-refractivity contribution >= 4 is 39.3 Å². The molecule has 134 valence electrons. The minimum Gasteiger partial charge on any atom is -0.457 e. The van der Waals surface area contributed by atoms with Crippen LogP contribution in [0.3, 0.4) is 0 Å². The molecular formula is C20H18BrNO4. The van der Waals surface area contributed by atoms with Crippen LogP contribution in [0.4, 0.5) is 5.69 Å². The van der Waals surface area contributed by atoms with Gasteiger partial charge in [-0.1, -0.05) is 45.8 Å². The number of carbonyl (C=O) groups is 3. The Morgan fingerprint density at radius 2 is 1.77 bits per heavy atom. The standard InChI is InChI=1S/C20H18BrNO4/c1-13-2-8-17(9-3-13)22-11-15(10-19(22)24)20(25)26-12-18(23)14-4-6-16(21)7-5-14/h2-9,15H,10-12H2,1H3/t15-/m0/s1. The highest BCUT2D eigenvalue weighted by Crippen LogP contribution is 2.26. The largest absolute Gasteiger partial charge is 0.457 e. The molecule has 3 rings (SSSR count). The lowest BCUT2D eigenvalue weighted by molar-refractivity contribution is -0.147. The molecule has 1 heterocycles. The van der Waals surface area contributed by atoms with Gasteiger partial charge in [-0.15, -0.1) is 0 Å². The third-order valence-corrected chi connectivity index (χ3v) is 4.84. The fourth-order valence-corrected chi connectivity index (χ4v) is 3.08. The number of ether oxygens (including phenoxy) is 1. The maximum Gasteiger partial charge on any atom is 0.311 e. The zero-order chi connectivity index (χ0) is 18.7. The summed E-state index contributed by atoms with van der Waals surface area (Å²) in [4.78, 5) is 38.1. The fourth-order valence-electron chi connectivity index (χ4n) is 2.81. The van der Waals surface area contributed by atoms with Crippen LogP contribution in [0.5, 0.6) is 0 Å². The van der Waals surface area contributed by atoms with E-state index in [2.05, 4.69) is 15.9 Å². The Labute approximate surface area is 160 Å². The number of halogens is 1. The molecule has 0 bridgehead atoms. The van der Waals surface area contributed by atoms with Crippen LogP contribution in [0.15, 0.2) is 53.0 Å². The molecule has 1 fully saturated rings. The van der Waals surface area contributed by atoms with E-state index in [4.69, 9.17) is 4.74 Å². The quantitative estimate of drug-likeness (QED) is 0.553. The molecule has 0 unspecified atom stereocenters. The number of ketones is 1. The number of aryl methyl sites for hydroxylation is 1. The third kappa shape index (κ3) is 4.19. The Kier molecular flexibility index (Phi) is 5.52. The van der Waals surface area contributed by atoms with Gasteiger partial charge in [0, 0.05) is 28.7 Å². The predicted octanol–water partition coefficient (Wildman–Crippen LogP) is 3.54. The van der Waals surface area contributed by atoms with Crippen molar-refractivity contribution < 1.29 is 19.1 Å². The van der Waals surface area contributed by atoms with Gasteiger partial charge in [0.1, 0.15) is 0 Å². The van der Waals surface area contributed by atoms with E-state index in [1.54, 1.807) is 29.2 Å². The summed E-state index contributed by atoms with van der Waals surface area (Å²) in [6.45, 7) is 1.92. The molecular weight excluding hydrogens is 398 g/mol. The molecule has 1 saturated heterocycles. The van der Waals surface area contributed by atoms with Gasteiger partial charge in [-0.05, 0) is 31.2 Å². The Bertz CT molecular complexity index is 830. The number of nitrogens with zero attached hydrogens (tertiary/aromatic N) is 1. The Morgan fingerprint density at radius 1 is 1.12 bits per heavy atom.